The number of nitrogens with one attached hydrogen (secondary N) is 1. The van der Waals surface area contributed by atoms with Crippen molar-refractivity contribution < 1.29 is 14.7 Å². The van der Waals surface area contributed by atoms with Crippen molar-refractivity contribution >= 4 is 11.9 Å². The van der Waals surface area contributed by atoms with Gasteiger partial charge in [0.05, 0.1) is 11.0 Å². The fourth-order valence-electron chi connectivity index (χ4n) is 2.78. The van der Waals surface area contributed by atoms with Gasteiger partial charge < -0.3 is 10.4 Å². The Hall–Kier alpha value is -1.91. The highest BCUT2D eigenvalue weighted by Gasteiger charge is 2.43. The number of aromatic nitrogens is 1. The van der Waals surface area contributed by atoms with Gasteiger partial charge in [0.15, 0.2) is 0 Å². The van der Waals surface area contributed by atoms with Crippen LogP contribution in [0.2, 0.25) is 0 Å². The smallest absolute Gasteiger partial charge is 0.311 e. The molecule has 1 aromatic heterocycles. The molecule has 0 aliphatic heterocycles. The summed E-state index contributed by atoms with van der Waals surface area (Å²) in [4.78, 5) is 27.9. The summed E-state index contributed by atoms with van der Waals surface area (Å²) in [7, 11) is 0. The molecule has 2 unspecified atom stereocenters. The predicted octanol–water partition coefficient (Wildman–Crippen LogP) is 2.15. The molecule has 0 bridgehead atoms. The van der Waals surface area contributed by atoms with Gasteiger partial charge in [0.2, 0.25) is 0 Å². The lowest BCUT2D eigenvalue weighted by molar-refractivity contribution is -0.151. The van der Waals surface area contributed by atoms with Crippen molar-refractivity contribution in [1.29, 1.82) is 0 Å². The molecule has 1 heterocycles. The molecule has 108 valence electrons. The molecule has 0 aromatic carbocycles. The predicted molar refractivity (Wildman–Crippen MR) is 74.4 cm³/mol. The van der Waals surface area contributed by atoms with Crippen LogP contribution >= 0.6 is 0 Å². The molecule has 2 rings (SSSR count). The number of hydrogen-bond acceptors (Lipinski definition) is 3. The Morgan fingerprint density at radius 2 is 2.20 bits per heavy atom. The van der Waals surface area contributed by atoms with E-state index in [0.717, 1.165) is 12.8 Å². The Kier molecular flexibility index (Phi) is 4.06. The first kappa shape index (κ1) is 14.5. The van der Waals surface area contributed by atoms with Crippen LogP contribution in [0.3, 0.4) is 0 Å². The first-order valence-corrected chi connectivity index (χ1v) is 6.91. The van der Waals surface area contributed by atoms with E-state index >= 15 is 0 Å². The van der Waals surface area contributed by atoms with Crippen molar-refractivity contribution in [3.8, 4) is 0 Å². The van der Waals surface area contributed by atoms with Gasteiger partial charge in [0, 0.05) is 17.9 Å². The second-order valence-electron chi connectivity index (χ2n) is 5.63. The summed E-state index contributed by atoms with van der Waals surface area (Å²) in [5.74, 6) is -1.08. The van der Waals surface area contributed by atoms with Gasteiger partial charge in [-0.1, -0.05) is 12.8 Å². The molecule has 1 aliphatic carbocycles. The Morgan fingerprint density at radius 1 is 1.45 bits per heavy atom. The van der Waals surface area contributed by atoms with E-state index < -0.39 is 11.4 Å². The lowest BCUT2D eigenvalue weighted by Crippen LogP contribution is -2.52. The maximum Gasteiger partial charge on any atom is 0.311 e. The molecule has 2 atom stereocenters. The third-order valence-electron chi connectivity index (χ3n) is 4.25. The molecule has 1 aliphatic rings. The van der Waals surface area contributed by atoms with Gasteiger partial charge in [-0.15, -0.1) is 0 Å². The molecule has 0 spiro atoms. The largest absolute Gasteiger partial charge is 0.481 e. The molecule has 1 saturated carbocycles. The first-order chi connectivity index (χ1) is 9.45. The van der Waals surface area contributed by atoms with Crippen molar-refractivity contribution in [2.45, 2.75) is 45.6 Å². The summed E-state index contributed by atoms with van der Waals surface area (Å²) in [5, 5.41) is 12.3. The fraction of sp³-hybridized carbons (Fsp3) is 0.533. The zero-order valence-electron chi connectivity index (χ0n) is 11.8. The first-order valence-electron chi connectivity index (χ1n) is 6.91. The van der Waals surface area contributed by atoms with Crippen LogP contribution in [0.1, 0.15) is 48.7 Å². The zero-order chi connectivity index (χ0) is 14.8. The Balaban J connectivity index is 2.18. The van der Waals surface area contributed by atoms with Crippen LogP contribution in [-0.2, 0) is 4.79 Å². The standard InChI is InChI=1S/C15H20N2O3/c1-10-11(6-5-9-16-10)13(18)17-12-7-3-4-8-15(12,2)14(19)20/h5-6,9,12H,3-4,7-8H2,1-2H3,(H,17,18)(H,19,20). The molecule has 2 N–H and O–H groups in total. The van der Waals surface area contributed by atoms with Gasteiger partial charge in [0.25, 0.3) is 5.91 Å². The number of amides is 1. The highest BCUT2D eigenvalue weighted by Crippen LogP contribution is 2.36. The minimum Gasteiger partial charge on any atom is -0.481 e. The number of carboxylic acid groups (broad SMARTS) is 1. The molecule has 0 saturated heterocycles. The number of nitrogens with zero attached hydrogens (tertiary/aromatic N) is 1. The van der Waals surface area contributed by atoms with E-state index in [4.69, 9.17) is 0 Å². The molecule has 20 heavy (non-hydrogen) atoms. The monoisotopic (exact) mass is 276 g/mol. The van der Waals surface area contributed by atoms with E-state index in [1.54, 1.807) is 32.2 Å². The number of pyridine rings is 1. The number of hydrogen-bond donors (Lipinski definition) is 2. The third-order valence-corrected chi connectivity index (χ3v) is 4.25. The Labute approximate surface area is 118 Å². The maximum atomic E-state index is 12.3. The van der Waals surface area contributed by atoms with Crippen LogP contribution in [0.15, 0.2) is 18.3 Å². The molecule has 5 heteroatoms. The molecular weight excluding hydrogens is 256 g/mol. The number of carbonyl (C=O) groups is 2. The van der Waals surface area contributed by atoms with Crippen molar-refractivity contribution in [1.82, 2.24) is 10.3 Å². The number of rotatable bonds is 3. The van der Waals surface area contributed by atoms with Gasteiger partial charge in [-0.3, -0.25) is 14.6 Å². The third kappa shape index (κ3) is 2.66. The molecular formula is C15H20N2O3. The molecule has 1 fully saturated rings. The minimum absolute atomic E-state index is 0.241. The second-order valence-corrected chi connectivity index (χ2v) is 5.63. The van der Waals surface area contributed by atoms with E-state index in [1.165, 1.54) is 0 Å². The quantitative estimate of drug-likeness (QED) is 0.886. The lowest BCUT2D eigenvalue weighted by atomic mass is 9.71. The summed E-state index contributed by atoms with van der Waals surface area (Å²) in [6.45, 7) is 3.49. The number of aryl methyl sites for hydroxylation is 1. The van der Waals surface area contributed by atoms with E-state index in [1.807, 2.05) is 0 Å². The van der Waals surface area contributed by atoms with Gasteiger partial charge >= 0.3 is 5.97 Å². The second kappa shape index (κ2) is 5.61. The summed E-state index contributed by atoms with van der Waals surface area (Å²) >= 11 is 0. The average Bonchev–Trinajstić information content (AvgIpc) is 2.41. The van der Waals surface area contributed by atoms with Crippen molar-refractivity contribution in [3.63, 3.8) is 0 Å². The van der Waals surface area contributed by atoms with E-state index in [-0.39, 0.29) is 11.9 Å². The molecule has 5 nitrogen and oxygen atoms in total. The number of carboxylic acids is 1. The van der Waals surface area contributed by atoms with Crippen LogP contribution < -0.4 is 5.32 Å². The van der Waals surface area contributed by atoms with E-state index in [0.29, 0.717) is 24.1 Å². The molecule has 1 amide bonds. The zero-order valence-corrected chi connectivity index (χ0v) is 11.8. The maximum absolute atomic E-state index is 12.3. The topological polar surface area (TPSA) is 79.3 Å². The summed E-state index contributed by atoms with van der Waals surface area (Å²) in [6.07, 6.45) is 4.77. The normalized spacial score (nSPS) is 26.0. The van der Waals surface area contributed by atoms with Gasteiger partial charge in [-0.25, -0.2) is 0 Å². The van der Waals surface area contributed by atoms with Crippen LogP contribution in [0, 0.1) is 12.3 Å². The van der Waals surface area contributed by atoms with Crippen LogP contribution in [0.4, 0.5) is 0 Å². The van der Waals surface area contributed by atoms with Crippen LogP contribution in [0.5, 0.6) is 0 Å². The Morgan fingerprint density at radius 3 is 2.85 bits per heavy atom. The van der Waals surface area contributed by atoms with Crippen LogP contribution in [0.25, 0.3) is 0 Å². The Bertz CT molecular complexity index is 530. The SMILES string of the molecule is Cc1ncccc1C(=O)NC1CCCCC1(C)C(=O)O. The highest BCUT2D eigenvalue weighted by atomic mass is 16.4. The van der Waals surface area contributed by atoms with Crippen molar-refractivity contribution in [3.05, 3.63) is 29.6 Å². The summed E-state index contributed by atoms with van der Waals surface area (Å²) < 4.78 is 0. The van der Waals surface area contributed by atoms with E-state index in [2.05, 4.69) is 10.3 Å². The number of carbonyl (C=O) groups excluding carboxylic acids is 1. The molecule has 0 radical (unpaired) electrons. The van der Waals surface area contributed by atoms with Gasteiger partial charge in [-0.2, -0.15) is 0 Å². The van der Waals surface area contributed by atoms with Crippen LogP contribution in [-0.4, -0.2) is 28.0 Å². The summed E-state index contributed by atoms with van der Waals surface area (Å²) in [5.41, 5.74) is 0.271. The number of aliphatic carboxylic acids is 1. The molecule has 1 aromatic rings. The minimum atomic E-state index is -0.885. The fourth-order valence-corrected chi connectivity index (χ4v) is 2.78. The summed E-state index contributed by atoms with van der Waals surface area (Å²) in [6, 6.07) is 3.08. The van der Waals surface area contributed by atoms with Gasteiger partial charge in [0.1, 0.15) is 0 Å². The van der Waals surface area contributed by atoms with Gasteiger partial charge in [-0.05, 0) is 38.8 Å². The van der Waals surface area contributed by atoms with E-state index in [9.17, 15) is 14.7 Å². The van der Waals surface area contributed by atoms with Crippen molar-refractivity contribution in [2.24, 2.45) is 5.41 Å². The lowest BCUT2D eigenvalue weighted by Gasteiger charge is -2.38. The average molecular weight is 276 g/mol. The van der Waals surface area contributed by atoms with Crippen molar-refractivity contribution in [2.75, 3.05) is 0 Å². The highest BCUT2D eigenvalue weighted by molar-refractivity contribution is 5.95.